The van der Waals surface area contributed by atoms with E-state index in [-0.39, 0.29) is 23.2 Å². The van der Waals surface area contributed by atoms with Crippen LogP contribution >= 0.6 is 0 Å². The van der Waals surface area contributed by atoms with E-state index in [0.29, 0.717) is 12.2 Å². The molecule has 4 nitrogen and oxygen atoms in total. The number of hydrogen-bond donors (Lipinski definition) is 2. The minimum Gasteiger partial charge on any atom is -0.508 e. The summed E-state index contributed by atoms with van der Waals surface area (Å²) in [6.45, 7) is 8.25. The number of allylic oxidation sites excluding steroid dienone is 2. The van der Waals surface area contributed by atoms with Gasteiger partial charge in [0.05, 0.1) is 0 Å². The van der Waals surface area contributed by atoms with E-state index in [1.165, 1.54) is 5.57 Å². The predicted octanol–water partition coefficient (Wildman–Crippen LogP) is 5.78. The first-order chi connectivity index (χ1) is 13.7. The molecule has 0 saturated carbocycles. The van der Waals surface area contributed by atoms with E-state index in [0.717, 1.165) is 53.7 Å². The average molecular weight is 395 g/mol. The van der Waals surface area contributed by atoms with Crippen LogP contribution in [0.2, 0.25) is 0 Å². The Kier molecular flexibility index (Phi) is 4.97. The molecule has 0 bridgehead atoms. The molecule has 0 amide bonds. The second-order valence-electron chi connectivity index (χ2n) is 9.07. The Morgan fingerprint density at radius 1 is 1.17 bits per heavy atom. The molecule has 0 aromatic heterocycles. The van der Waals surface area contributed by atoms with Gasteiger partial charge in [-0.3, -0.25) is 0 Å². The number of rotatable bonds is 3. The van der Waals surface area contributed by atoms with Crippen molar-refractivity contribution >= 4 is 0 Å². The molecule has 0 aliphatic carbocycles. The van der Waals surface area contributed by atoms with Gasteiger partial charge in [-0.05, 0) is 83.1 Å². The van der Waals surface area contributed by atoms with Gasteiger partial charge in [0, 0.05) is 17.2 Å². The van der Waals surface area contributed by atoms with Crippen LogP contribution in [0.25, 0.3) is 0 Å². The summed E-state index contributed by atoms with van der Waals surface area (Å²) in [7, 11) is 0. The second kappa shape index (κ2) is 7.33. The van der Waals surface area contributed by atoms with Gasteiger partial charge in [0.15, 0.2) is 11.5 Å². The smallest absolute Gasteiger partial charge is 0.165 e. The molecule has 29 heavy (non-hydrogen) atoms. The lowest BCUT2D eigenvalue weighted by Crippen LogP contribution is -2.33. The number of hydrogen-bond acceptors (Lipinski definition) is 4. The van der Waals surface area contributed by atoms with Crippen molar-refractivity contribution < 1.29 is 19.7 Å². The zero-order chi connectivity index (χ0) is 20.8. The fourth-order valence-electron chi connectivity index (χ4n) is 4.22. The Balaban J connectivity index is 1.78. The van der Waals surface area contributed by atoms with Crippen molar-refractivity contribution in [2.75, 3.05) is 0 Å². The molecule has 0 unspecified atom stereocenters. The third kappa shape index (κ3) is 3.93. The molecule has 2 aliphatic rings. The molecule has 2 aromatic rings. The minimum absolute atomic E-state index is 0.117. The summed E-state index contributed by atoms with van der Waals surface area (Å²) in [5.41, 5.74) is 5.04. The largest absolute Gasteiger partial charge is 0.508 e. The zero-order valence-electron chi connectivity index (χ0n) is 17.7. The minimum atomic E-state index is -0.303. The van der Waals surface area contributed by atoms with Gasteiger partial charge in [-0.15, -0.1) is 0 Å². The molecule has 2 heterocycles. The summed E-state index contributed by atoms with van der Waals surface area (Å²) >= 11 is 0. The average Bonchev–Trinajstić information content (AvgIpc) is 2.66. The van der Waals surface area contributed by atoms with Gasteiger partial charge in [0.1, 0.15) is 23.2 Å². The molecule has 4 rings (SSSR count). The molecular weight excluding hydrogens is 364 g/mol. The van der Waals surface area contributed by atoms with Crippen LogP contribution < -0.4 is 9.47 Å². The van der Waals surface area contributed by atoms with Gasteiger partial charge in [0.25, 0.3) is 0 Å². The summed E-state index contributed by atoms with van der Waals surface area (Å²) < 4.78 is 12.6. The molecule has 2 aliphatic heterocycles. The third-order valence-electron chi connectivity index (χ3n) is 5.90. The van der Waals surface area contributed by atoms with Gasteiger partial charge in [0.2, 0.25) is 0 Å². The molecule has 0 radical (unpaired) electrons. The van der Waals surface area contributed by atoms with Crippen LogP contribution in [0, 0.1) is 0 Å². The van der Waals surface area contributed by atoms with Crippen LogP contribution in [0.3, 0.4) is 0 Å². The Labute approximate surface area is 172 Å². The Hall–Kier alpha value is -2.62. The topological polar surface area (TPSA) is 58.9 Å². The Morgan fingerprint density at radius 3 is 2.72 bits per heavy atom. The fraction of sp³-hybridized carbons (Fsp3) is 0.440. The first-order valence-corrected chi connectivity index (χ1v) is 10.4. The van der Waals surface area contributed by atoms with E-state index < -0.39 is 0 Å². The number of phenolic OH excluding ortho intramolecular Hbond substituents is 2. The summed E-state index contributed by atoms with van der Waals surface area (Å²) in [5.74, 6) is 1.82. The fourth-order valence-corrected chi connectivity index (χ4v) is 4.22. The van der Waals surface area contributed by atoms with E-state index in [2.05, 4.69) is 39.8 Å². The second-order valence-corrected chi connectivity index (χ2v) is 9.07. The lowest BCUT2D eigenvalue weighted by Gasteiger charge is -2.36. The predicted molar refractivity (Wildman–Crippen MR) is 114 cm³/mol. The Morgan fingerprint density at radius 2 is 1.97 bits per heavy atom. The molecule has 0 fully saturated rings. The van der Waals surface area contributed by atoms with Crippen LogP contribution in [0.5, 0.6) is 23.0 Å². The van der Waals surface area contributed by atoms with Crippen LogP contribution in [0.4, 0.5) is 0 Å². The van der Waals surface area contributed by atoms with Crippen molar-refractivity contribution in [1.29, 1.82) is 0 Å². The van der Waals surface area contributed by atoms with Crippen molar-refractivity contribution in [1.82, 2.24) is 0 Å². The van der Waals surface area contributed by atoms with Crippen LogP contribution in [-0.4, -0.2) is 15.8 Å². The van der Waals surface area contributed by atoms with Gasteiger partial charge in [-0.2, -0.15) is 0 Å². The molecule has 154 valence electrons. The third-order valence-corrected chi connectivity index (χ3v) is 5.90. The summed E-state index contributed by atoms with van der Waals surface area (Å²) in [6.07, 6.45) is 6.15. The van der Waals surface area contributed by atoms with Crippen molar-refractivity contribution in [2.24, 2.45) is 0 Å². The van der Waals surface area contributed by atoms with Gasteiger partial charge < -0.3 is 19.7 Å². The number of benzene rings is 2. The van der Waals surface area contributed by atoms with E-state index in [4.69, 9.17) is 9.47 Å². The summed E-state index contributed by atoms with van der Waals surface area (Å²) in [6, 6.07) is 7.42. The maximum atomic E-state index is 11.0. The first kappa shape index (κ1) is 19.7. The molecule has 0 saturated heterocycles. The first-order valence-electron chi connectivity index (χ1n) is 10.4. The molecule has 0 spiro atoms. The van der Waals surface area contributed by atoms with Crippen LogP contribution in [0.15, 0.2) is 35.9 Å². The number of fused-ring (bicyclic) bond motifs is 2. The quantitative estimate of drug-likeness (QED) is 0.648. The Bertz CT molecular complexity index is 967. The van der Waals surface area contributed by atoms with Crippen molar-refractivity contribution in [3.63, 3.8) is 0 Å². The van der Waals surface area contributed by atoms with Crippen molar-refractivity contribution in [2.45, 2.75) is 71.5 Å². The zero-order valence-corrected chi connectivity index (χ0v) is 17.7. The number of aryl methyl sites for hydroxylation is 1. The normalized spacial score (nSPS) is 19.4. The molecule has 4 heteroatoms. The molecule has 1 atom stereocenters. The summed E-state index contributed by atoms with van der Waals surface area (Å²) in [4.78, 5) is 0. The number of phenols is 2. The maximum Gasteiger partial charge on any atom is 0.165 e. The lowest BCUT2D eigenvalue weighted by molar-refractivity contribution is 0.0783. The van der Waals surface area contributed by atoms with Crippen molar-refractivity contribution in [3.8, 4) is 23.0 Å². The number of ether oxygens (including phenoxy) is 2. The van der Waals surface area contributed by atoms with Crippen molar-refractivity contribution in [3.05, 3.63) is 58.2 Å². The molecular formula is C25H30O4. The number of aromatic hydroxyl groups is 2. The molecule has 2 N–H and O–H groups in total. The van der Waals surface area contributed by atoms with Gasteiger partial charge in [-0.1, -0.05) is 17.7 Å². The van der Waals surface area contributed by atoms with E-state index >= 15 is 0 Å². The van der Waals surface area contributed by atoms with E-state index in [9.17, 15) is 10.2 Å². The highest BCUT2D eigenvalue weighted by Gasteiger charge is 2.34. The van der Waals surface area contributed by atoms with Crippen LogP contribution in [-0.2, 0) is 19.3 Å². The highest BCUT2D eigenvalue weighted by atomic mass is 16.5. The van der Waals surface area contributed by atoms with Gasteiger partial charge in [-0.25, -0.2) is 0 Å². The SMILES string of the molecule is CC(C)=CCc1cc([C@@H]2CCc3ccc(O)cc3O2)c2c(c1O)OC(C)(C)CC2. The summed E-state index contributed by atoms with van der Waals surface area (Å²) in [5, 5.41) is 20.8. The molecule has 2 aromatic carbocycles. The highest BCUT2D eigenvalue weighted by Crippen LogP contribution is 2.47. The lowest BCUT2D eigenvalue weighted by atomic mass is 9.85. The van der Waals surface area contributed by atoms with Gasteiger partial charge >= 0.3 is 0 Å². The van der Waals surface area contributed by atoms with E-state index in [1.54, 1.807) is 12.1 Å². The monoisotopic (exact) mass is 394 g/mol. The maximum absolute atomic E-state index is 11.0. The standard InChI is InChI=1S/C25H30O4/c1-15(2)5-6-17-13-20(19-11-12-25(3,4)29-24(19)23(17)27)21-10-8-16-7-9-18(26)14-22(16)28-21/h5,7,9,13-14,21,26-27H,6,8,10-12H2,1-4H3/t21-/m0/s1. The van der Waals surface area contributed by atoms with E-state index in [1.807, 2.05) is 6.07 Å². The highest BCUT2D eigenvalue weighted by molar-refractivity contribution is 5.58. The van der Waals surface area contributed by atoms with Crippen LogP contribution in [0.1, 0.15) is 68.9 Å².